The monoisotopic (exact) mass is 306 g/mol. The molecule has 0 aromatic heterocycles. The molecule has 0 unspecified atom stereocenters. The van der Waals surface area contributed by atoms with E-state index in [2.05, 4.69) is 5.32 Å². The van der Waals surface area contributed by atoms with Gasteiger partial charge in [0.1, 0.15) is 0 Å². The zero-order chi connectivity index (χ0) is 16.8. The van der Waals surface area contributed by atoms with Crippen molar-refractivity contribution in [1.82, 2.24) is 10.2 Å². The highest BCUT2D eigenvalue weighted by atomic mass is 16.5. The number of carbonyl (C=O) groups is 3. The molecule has 1 aromatic rings. The van der Waals surface area contributed by atoms with Crippen LogP contribution in [0, 0.1) is 0 Å². The van der Waals surface area contributed by atoms with Crippen molar-refractivity contribution >= 4 is 17.8 Å². The minimum Gasteiger partial charge on any atom is -0.452 e. The molecule has 0 spiro atoms. The average Bonchev–Trinajstić information content (AvgIpc) is 2.43. The number of rotatable bonds is 5. The zero-order valence-electron chi connectivity index (χ0n) is 13.4. The van der Waals surface area contributed by atoms with E-state index >= 15 is 0 Å². The number of likely N-dealkylation sites (N-methyl/N-ethyl adjacent to an activating group) is 1. The van der Waals surface area contributed by atoms with E-state index in [0.717, 1.165) is 0 Å². The lowest BCUT2D eigenvalue weighted by Gasteiger charge is -2.23. The molecule has 2 amide bonds. The van der Waals surface area contributed by atoms with Crippen LogP contribution in [-0.4, -0.2) is 48.4 Å². The maximum atomic E-state index is 11.8. The molecule has 0 atom stereocenters. The van der Waals surface area contributed by atoms with Gasteiger partial charge in [-0.1, -0.05) is 18.2 Å². The van der Waals surface area contributed by atoms with E-state index in [-0.39, 0.29) is 18.0 Å². The highest BCUT2D eigenvalue weighted by molar-refractivity contribution is 5.92. The van der Waals surface area contributed by atoms with E-state index < -0.39 is 18.5 Å². The van der Waals surface area contributed by atoms with Gasteiger partial charge >= 0.3 is 5.97 Å². The minimum absolute atomic E-state index is 0.0843. The Morgan fingerprint density at radius 1 is 1.14 bits per heavy atom. The summed E-state index contributed by atoms with van der Waals surface area (Å²) < 4.78 is 4.93. The van der Waals surface area contributed by atoms with Gasteiger partial charge in [-0.2, -0.15) is 0 Å². The number of amides is 2. The number of benzene rings is 1. The fourth-order valence-corrected chi connectivity index (χ4v) is 1.66. The standard InChI is InChI=1S/C16H22N2O4/c1-16(2,3)17-13(19)10-18(4)14(20)11-22-15(21)12-8-6-5-7-9-12/h5-9H,10-11H2,1-4H3,(H,17,19). The summed E-state index contributed by atoms with van der Waals surface area (Å²) in [6, 6.07) is 8.41. The van der Waals surface area contributed by atoms with Crippen LogP contribution in [-0.2, 0) is 14.3 Å². The summed E-state index contributed by atoms with van der Waals surface area (Å²) in [7, 11) is 1.49. The van der Waals surface area contributed by atoms with Crippen LogP contribution in [0.2, 0.25) is 0 Å². The van der Waals surface area contributed by atoms with Crippen molar-refractivity contribution in [2.45, 2.75) is 26.3 Å². The lowest BCUT2D eigenvalue weighted by molar-refractivity contribution is -0.137. The lowest BCUT2D eigenvalue weighted by Crippen LogP contribution is -2.46. The van der Waals surface area contributed by atoms with Gasteiger partial charge in [0.05, 0.1) is 12.1 Å². The third kappa shape index (κ3) is 6.39. The summed E-state index contributed by atoms with van der Waals surface area (Å²) in [5.41, 5.74) is 0.0178. The molecule has 22 heavy (non-hydrogen) atoms. The lowest BCUT2D eigenvalue weighted by atomic mass is 10.1. The summed E-state index contributed by atoms with van der Waals surface area (Å²) in [6.45, 7) is 5.09. The highest BCUT2D eigenvalue weighted by Gasteiger charge is 2.18. The van der Waals surface area contributed by atoms with Crippen molar-refractivity contribution in [3.8, 4) is 0 Å². The topological polar surface area (TPSA) is 75.7 Å². The first-order valence-corrected chi connectivity index (χ1v) is 6.96. The molecule has 6 nitrogen and oxygen atoms in total. The minimum atomic E-state index is -0.568. The Labute approximate surface area is 130 Å². The quantitative estimate of drug-likeness (QED) is 0.830. The molecule has 0 saturated heterocycles. The van der Waals surface area contributed by atoms with Crippen molar-refractivity contribution in [2.24, 2.45) is 0 Å². The van der Waals surface area contributed by atoms with E-state index in [9.17, 15) is 14.4 Å². The third-order valence-electron chi connectivity index (χ3n) is 2.66. The van der Waals surface area contributed by atoms with E-state index in [1.165, 1.54) is 11.9 Å². The number of esters is 1. The second kappa shape index (κ2) is 7.59. The molecule has 1 rings (SSSR count). The number of nitrogens with one attached hydrogen (secondary N) is 1. The third-order valence-corrected chi connectivity index (χ3v) is 2.66. The molecule has 0 aliphatic carbocycles. The smallest absolute Gasteiger partial charge is 0.338 e. The molecule has 1 N–H and O–H groups in total. The summed E-state index contributed by atoms with van der Waals surface area (Å²) >= 11 is 0. The van der Waals surface area contributed by atoms with Gasteiger partial charge in [-0.15, -0.1) is 0 Å². The SMILES string of the molecule is CN(CC(=O)NC(C)(C)C)C(=O)COC(=O)c1ccccc1. The van der Waals surface area contributed by atoms with Crippen LogP contribution < -0.4 is 5.32 Å². The first kappa shape index (κ1) is 17.7. The van der Waals surface area contributed by atoms with E-state index in [1.54, 1.807) is 30.3 Å². The molecule has 0 heterocycles. The molecule has 120 valence electrons. The molecule has 0 aliphatic rings. The van der Waals surface area contributed by atoms with Crippen LogP contribution in [0.15, 0.2) is 30.3 Å². The van der Waals surface area contributed by atoms with Crippen LogP contribution in [0.5, 0.6) is 0 Å². The van der Waals surface area contributed by atoms with E-state index in [0.29, 0.717) is 5.56 Å². The molecule has 0 saturated carbocycles. The Balaban J connectivity index is 2.42. The van der Waals surface area contributed by atoms with Gasteiger partial charge in [0.15, 0.2) is 6.61 Å². The first-order chi connectivity index (χ1) is 10.2. The molecular formula is C16H22N2O4. The highest BCUT2D eigenvalue weighted by Crippen LogP contribution is 2.02. The molecule has 0 bridgehead atoms. The molecule has 1 aromatic carbocycles. The summed E-state index contributed by atoms with van der Waals surface area (Å²) in [5.74, 6) is -1.27. The van der Waals surface area contributed by atoms with Crippen molar-refractivity contribution in [3.63, 3.8) is 0 Å². The average molecular weight is 306 g/mol. The van der Waals surface area contributed by atoms with Crippen molar-refractivity contribution in [2.75, 3.05) is 20.2 Å². The number of hydrogen-bond acceptors (Lipinski definition) is 4. The van der Waals surface area contributed by atoms with Crippen LogP contribution in [0.25, 0.3) is 0 Å². The number of ether oxygens (including phenoxy) is 1. The number of nitrogens with zero attached hydrogens (tertiary/aromatic N) is 1. The van der Waals surface area contributed by atoms with Crippen LogP contribution >= 0.6 is 0 Å². The molecule has 0 aliphatic heterocycles. The predicted octanol–water partition coefficient (Wildman–Crippen LogP) is 1.22. The summed E-state index contributed by atoms with van der Waals surface area (Å²) in [4.78, 5) is 36.5. The Hall–Kier alpha value is -2.37. The van der Waals surface area contributed by atoms with Gasteiger partial charge in [0, 0.05) is 12.6 Å². The van der Waals surface area contributed by atoms with Crippen molar-refractivity contribution < 1.29 is 19.1 Å². The zero-order valence-corrected chi connectivity index (χ0v) is 13.4. The maximum absolute atomic E-state index is 11.8. The number of carbonyl (C=O) groups excluding carboxylic acids is 3. The largest absolute Gasteiger partial charge is 0.452 e. The van der Waals surface area contributed by atoms with Crippen molar-refractivity contribution in [3.05, 3.63) is 35.9 Å². The Bertz CT molecular complexity index is 535. The van der Waals surface area contributed by atoms with Gasteiger partial charge < -0.3 is 15.0 Å². The second-order valence-electron chi connectivity index (χ2n) is 5.99. The summed E-state index contributed by atoms with van der Waals surface area (Å²) in [6.07, 6.45) is 0. The molecular weight excluding hydrogens is 284 g/mol. The Morgan fingerprint density at radius 3 is 2.27 bits per heavy atom. The van der Waals surface area contributed by atoms with Gasteiger partial charge in [-0.25, -0.2) is 4.79 Å². The maximum Gasteiger partial charge on any atom is 0.338 e. The predicted molar refractivity (Wildman–Crippen MR) is 82.3 cm³/mol. The summed E-state index contributed by atoms with van der Waals surface area (Å²) in [5, 5.41) is 2.76. The second-order valence-corrected chi connectivity index (χ2v) is 5.99. The Kier molecular flexibility index (Phi) is 6.10. The molecule has 0 radical (unpaired) electrons. The fraction of sp³-hybridized carbons (Fsp3) is 0.438. The van der Waals surface area contributed by atoms with Crippen molar-refractivity contribution in [1.29, 1.82) is 0 Å². The van der Waals surface area contributed by atoms with Crippen LogP contribution in [0.3, 0.4) is 0 Å². The van der Waals surface area contributed by atoms with Gasteiger partial charge in [0.2, 0.25) is 5.91 Å². The van der Waals surface area contributed by atoms with Gasteiger partial charge in [0.25, 0.3) is 5.91 Å². The van der Waals surface area contributed by atoms with E-state index in [4.69, 9.17) is 4.74 Å². The fourth-order valence-electron chi connectivity index (χ4n) is 1.66. The van der Waals surface area contributed by atoms with Crippen LogP contribution in [0.4, 0.5) is 0 Å². The van der Waals surface area contributed by atoms with Crippen LogP contribution in [0.1, 0.15) is 31.1 Å². The molecule has 6 heteroatoms. The normalized spacial score (nSPS) is 10.7. The Morgan fingerprint density at radius 2 is 1.73 bits per heavy atom. The van der Waals surface area contributed by atoms with E-state index in [1.807, 2.05) is 20.8 Å². The first-order valence-electron chi connectivity index (χ1n) is 6.96. The van der Waals surface area contributed by atoms with Gasteiger partial charge in [-0.3, -0.25) is 9.59 Å². The number of hydrogen-bond donors (Lipinski definition) is 1. The van der Waals surface area contributed by atoms with Gasteiger partial charge in [-0.05, 0) is 32.9 Å². The molecule has 0 fully saturated rings.